The van der Waals surface area contributed by atoms with Gasteiger partial charge in [-0.25, -0.2) is 13.1 Å². The van der Waals surface area contributed by atoms with E-state index in [-0.39, 0.29) is 17.5 Å². The van der Waals surface area contributed by atoms with Crippen LogP contribution in [0.5, 0.6) is 5.75 Å². The highest BCUT2D eigenvalue weighted by Crippen LogP contribution is 2.30. The van der Waals surface area contributed by atoms with Gasteiger partial charge in [-0.1, -0.05) is 68.5 Å². The molecule has 8 heteroatoms. The highest BCUT2D eigenvalue weighted by atomic mass is 32.2. The smallest absolute Gasteiger partial charge is 0.306 e. The summed E-state index contributed by atoms with van der Waals surface area (Å²) in [6, 6.07) is 14.7. The number of para-hydroxylation sites is 1. The first-order valence-electron chi connectivity index (χ1n) is 13.1. The van der Waals surface area contributed by atoms with Crippen molar-refractivity contribution in [2.75, 3.05) is 0 Å². The van der Waals surface area contributed by atoms with Gasteiger partial charge < -0.3 is 15.2 Å². The van der Waals surface area contributed by atoms with E-state index < -0.39 is 21.9 Å². The van der Waals surface area contributed by atoms with Gasteiger partial charge in [-0.2, -0.15) is 0 Å². The van der Waals surface area contributed by atoms with Crippen LogP contribution in [0.4, 0.5) is 0 Å². The number of ether oxygens (including phenoxy) is 1. The minimum Gasteiger partial charge on any atom is -0.489 e. The molecule has 3 N–H and O–H groups in total. The minimum atomic E-state index is -3.79. The van der Waals surface area contributed by atoms with E-state index in [1.807, 2.05) is 24.3 Å². The first-order chi connectivity index (χ1) is 17.3. The number of sulfonamides is 1. The molecule has 2 saturated carbocycles. The quantitative estimate of drug-likeness (QED) is 0.374. The molecule has 2 aliphatic rings. The van der Waals surface area contributed by atoms with Crippen LogP contribution in [0, 0.1) is 11.8 Å². The van der Waals surface area contributed by atoms with Gasteiger partial charge in [-0.15, -0.1) is 0 Å². The third-order valence-electron chi connectivity index (χ3n) is 7.48. The lowest BCUT2D eigenvalue weighted by atomic mass is 9.81. The zero-order valence-electron chi connectivity index (χ0n) is 21.0. The van der Waals surface area contributed by atoms with E-state index in [4.69, 9.17) is 9.84 Å². The molecule has 2 fully saturated rings. The Morgan fingerprint density at radius 3 is 2.42 bits per heavy atom. The monoisotopic (exact) mass is 514 g/mol. The van der Waals surface area contributed by atoms with Gasteiger partial charge in [0.25, 0.3) is 0 Å². The van der Waals surface area contributed by atoms with Crippen LogP contribution in [0.1, 0.15) is 69.4 Å². The second kappa shape index (κ2) is 12.2. The van der Waals surface area contributed by atoms with Gasteiger partial charge in [0.1, 0.15) is 12.4 Å². The molecule has 4 rings (SSSR count). The summed E-state index contributed by atoms with van der Waals surface area (Å²) in [5, 5.41) is 12.7. The number of nitrogens with one attached hydrogen (secondary N) is 2. The SMILES string of the molecule is CC(CC1CCCCC1)NCc1ccccc1OCc1ccccc1S(=O)(=O)NC1CC(C(=O)O)C1. The Morgan fingerprint density at radius 1 is 1.03 bits per heavy atom. The van der Waals surface area contributed by atoms with E-state index in [1.165, 1.54) is 38.5 Å². The normalized spacial score (nSPS) is 21.5. The number of hydrogen-bond acceptors (Lipinski definition) is 5. The number of carboxylic acids is 1. The zero-order valence-corrected chi connectivity index (χ0v) is 21.8. The van der Waals surface area contributed by atoms with Gasteiger partial charge in [0.2, 0.25) is 10.0 Å². The van der Waals surface area contributed by atoms with Crippen LogP contribution in [-0.2, 0) is 28.0 Å². The van der Waals surface area contributed by atoms with Crippen molar-refractivity contribution in [2.45, 2.75) is 88.4 Å². The molecule has 0 heterocycles. The third-order valence-corrected chi connectivity index (χ3v) is 9.10. The highest BCUT2D eigenvalue weighted by Gasteiger charge is 2.37. The first-order valence-corrected chi connectivity index (χ1v) is 14.6. The summed E-state index contributed by atoms with van der Waals surface area (Å²) >= 11 is 0. The van der Waals surface area contributed by atoms with Crippen molar-refractivity contribution in [3.05, 3.63) is 59.7 Å². The molecule has 1 atom stereocenters. The Bertz CT molecular complexity index is 1120. The van der Waals surface area contributed by atoms with Gasteiger partial charge in [0.15, 0.2) is 0 Å². The van der Waals surface area contributed by atoms with Crippen LogP contribution >= 0.6 is 0 Å². The number of rotatable bonds is 12. The molecule has 36 heavy (non-hydrogen) atoms. The maximum Gasteiger partial charge on any atom is 0.306 e. The Balaban J connectivity index is 1.35. The largest absolute Gasteiger partial charge is 0.489 e. The van der Waals surface area contributed by atoms with Crippen LogP contribution in [0.3, 0.4) is 0 Å². The van der Waals surface area contributed by atoms with Crippen molar-refractivity contribution in [3.63, 3.8) is 0 Å². The minimum absolute atomic E-state index is 0.119. The highest BCUT2D eigenvalue weighted by molar-refractivity contribution is 7.89. The fourth-order valence-corrected chi connectivity index (χ4v) is 6.81. The van der Waals surface area contributed by atoms with Crippen LogP contribution in [0.15, 0.2) is 53.4 Å². The maximum absolute atomic E-state index is 13.0. The molecular formula is C28H38N2O5S. The Kier molecular flexibility index (Phi) is 9.04. The van der Waals surface area contributed by atoms with Crippen molar-refractivity contribution in [1.29, 1.82) is 0 Å². The van der Waals surface area contributed by atoms with Crippen molar-refractivity contribution in [3.8, 4) is 5.75 Å². The van der Waals surface area contributed by atoms with E-state index in [0.29, 0.717) is 31.0 Å². The lowest BCUT2D eigenvalue weighted by Gasteiger charge is -2.32. The topological polar surface area (TPSA) is 105 Å². The van der Waals surface area contributed by atoms with E-state index in [2.05, 4.69) is 17.0 Å². The number of aliphatic carboxylic acids is 1. The number of hydrogen-bond donors (Lipinski definition) is 3. The Hall–Kier alpha value is -2.42. The lowest BCUT2D eigenvalue weighted by molar-refractivity contribution is -0.145. The molecule has 196 valence electrons. The van der Waals surface area contributed by atoms with Gasteiger partial charge in [-0.05, 0) is 44.2 Å². The molecule has 0 radical (unpaired) electrons. The zero-order chi connectivity index (χ0) is 25.5. The van der Waals surface area contributed by atoms with Crippen LogP contribution in [0.2, 0.25) is 0 Å². The number of carboxylic acid groups (broad SMARTS) is 1. The summed E-state index contributed by atoms with van der Waals surface area (Å²) in [6.07, 6.45) is 8.56. The van der Waals surface area contributed by atoms with Crippen LogP contribution in [-0.4, -0.2) is 31.6 Å². The summed E-state index contributed by atoms with van der Waals surface area (Å²) < 4.78 is 34.8. The van der Waals surface area contributed by atoms with Gasteiger partial charge in [0, 0.05) is 29.8 Å². The van der Waals surface area contributed by atoms with E-state index in [9.17, 15) is 13.2 Å². The summed E-state index contributed by atoms with van der Waals surface area (Å²) in [7, 11) is -3.79. The lowest BCUT2D eigenvalue weighted by Crippen LogP contribution is -2.46. The third kappa shape index (κ3) is 7.08. The second-order valence-electron chi connectivity index (χ2n) is 10.4. The number of carbonyl (C=O) groups is 1. The van der Waals surface area contributed by atoms with Crippen molar-refractivity contribution >= 4 is 16.0 Å². The van der Waals surface area contributed by atoms with Crippen molar-refractivity contribution in [1.82, 2.24) is 10.0 Å². The summed E-state index contributed by atoms with van der Waals surface area (Å²) in [6.45, 7) is 3.05. The van der Waals surface area contributed by atoms with Crippen molar-refractivity contribution < 1.29 is 23.1 Å². The Labute approximate surface area is 214 Å². The van der Waals surface area contributed by atoms with Crippen LogP contribution < -0.4 is 14.8 Å². The molecule has 0 aliphatic heterocycles. The first kappa shape index (κ1) is 26.6. The fraction of sp³-hybridized carbons (Fsp3) is 0.536. The van der Waals surface area contributed by atoms with Gasteiger partial charge in [0.05, 0.1) is 10.8 Å². The summed E-state index contributed by atoms with van der Waals surface area (Å²) in [5.41, 5.74) is 1.60. The molecular weight excluding hydrogens is 476 g/mol. The molecule has 2 aliphatic carbocycles. The molecule has 0 aromatic heterocycles. The second-order valence-corrected chi connectivity index (χ2v) is 12.0. The fourth-order valence-electron chi connectivity index (χ4n) is 5.32. The molecule has 7 nitrogen and oxygen atoms in total. The van der Waals surface area contributed by atoms with Gasteiger partial charge >= 0.3 is 5.97 Å². The molecule has 2 aromatic rings. The Morgan fingerprint density at radius 2 is 1.69 bits per heavy atom. The molecule has 0 saturated heterocycles. The standard InChI is InChI=1S/C28H38N2O5S/c1-20(15-21-9-3-2-4-10-21)29-18-22-11-5-7-13-26(22)35-19-23-12-6-8-14-27(23)36(33,34)30-25-16-24(17-25)28(31)32/h5-8,11-14,20-21,24-25,29-30H,2-4,9-10,15-19H2,1H3,(H,31,32). The molecule has 0 amide bonds. The average molecular weight is 515 g/mol. The summed E-state index contributed by atoms with van der Waals surface area (Å²) in [5.74, 6) is 0.190. The van der Waals surface area contributed by atoms with E-state index in [0.717, 1.165) is 17.2 Å². The molecule has 2 aromatic carbocycles. The van der Waals surface area contributed by atoms with Crippen LogP contribution in [0.25, 0.3) is 0 Å². The molecule has 0 spiro atoms. The average Bonchev–Trinajstić information content (AvgIpc) is 2.84. The van der Waals surface area contributed by atoms with E-state index >= 15 is 0 Å². The van der Waals surface area contributed by atoms with Gasteiger partial charge in [-0.3, -0.25) is 4.79 Å². The number of benzene rings is 2. The van der Waals surface area contributed by atoms with E-state index in [1.54, 1.807) is 24.3 Å². The molecule has 1 unspecified atom stereocenters. The summed E-state index contributed by atoms with van der Waals surface area (Å²) in [4.78, 5) is 11.2. The maximum atomic E-state index is 13.0. The predicted octanol–water partition coefficient (Wildman–Crippen LogP) is 4.86. The molecule has 0 bridgehead atoms. The van der Waals surface area contributed by atoms with Crippen molar-refractivity contribution in [2.24, 2.45) is 11.8 Å². The predicted molar refractivity (Wildman–Crippen MR) is 139 cm³/mol.